The number of piperidine rings is 1. The Hall–Kier alpha value is -4.26. The number of para-hydroxylation sites is 2. The minimum absolute atomic E-state index is 0.00632. The standard InChI is InChI=1S/C32H33N5O2/c1-22-16-23(2)18-24(17-22)19-26-12-8-9-15-35(26)31(39)21-36-27-13-6-7-14-28(27)37-29(20-30(36)38)33-34-32(37)25-10-4-3-5-11-25/h3-7,10-11,13-14,16-18,26H,8-9,12,15,19-21H2,1-2H3/t26-/m1/s1. The summed E-state index contributed by atoms with van der Waals surface area (Å²) in [5, 5.41) is 8.82. The number of anilines is 1. The number of likely N-dealkylation sites (tertiary alicyclic amines) is 1. The van der Waals surface area contributed by atoms with Gasteiger partial charge in [0.1, 0.15) is 12.4 Å². The van der Waals surface area contributed by atoms with Gasteiger partial charge in [0.15, 0.2) is 5.82 Å². The van der Waals surface area contributed by atoms with Crippen LogP contribution in [-0.4, -0.2) is 50.6 Å². The van der Waals surface area contributed by atoms with Crippen LogP contribution in [0.2, 0.25) is 0 Å². The van der Waals surface area contributed by atoms with E-state index in [9.17, 15) is 9.59 Å². The number of hydrogen-bond donors (Lipinski definition) is 0. The first-order chi connectivity index (χ1) is 19.0. The van der Waals surface area contributed by atoms with Crippen LogP contribution in [0.1, 0.15) is 41.8 Å². The topological polar surface area (TPSA) is 71.3 Å². The molecule has 6 rings (SSSR count). The van der Waals surface area contributed by atoms with Gasteiger partial charge in [-0.05, 0) is 57.2 Å². The number of hydrogen-bond acceptors (Lipinski definition) is 4. The van der Waals surface area contributed by atoms with Gasteiger partial charge in [-0.15, -0.1) is 10.2 Å². The highest BCUT2D eigenvalue weighted by atomic mass is 16.2. The average Bonchev–Trinajstić information content (AvgIpc) is 3.30. The maximum Gasteiger partial charge on any atom is 0.242 e. The van der Waals surface area contributed by atoms with Gasteiger partial charge in [0.2, 0.25) is 11.8 Å². The van der Waals surface area contributed by atoms with E-state index in [4.69, 9.17) is 0 Å². The molecule has 1 atom stereocenters. The van der Waals surface area contributed by atoms with E-state index in [1.807, 2.05) is 64.1 Å². The highest BCUT2D eigenvalue weighted by Gasteiger charge is 2.33. The summed E-state index contributed by atoms with van der Waals surface area (Å²) < 4.78 is 1.96. The molecule has 39 heavy (non-hydrogen) atoms. The number of amides is 2. The number of rotatable bonds is 5. The van der Waals surface area contributed by atoms with Crippen molar-refractivity contribution in [1.29, 1.82) is 0 Å². The highest BCUT2D eigenvalue weighted by Crippen LogP contribution is 2.33. The van der Waals surface area contributed by atoms with Crippen LogP contribution in [0.5, 0.6) is 0 Å². The molecule has 7 nitrogen and oxygen atoms in total. The van der Waals surface area contributed by atoms with Gasteiger partial charge in [0.05, 0.1) is 17.8 Å². The van der Waals surface area contributed by atoms with Crippen LogP contribution >= 0.6 is 0 Å². The Balaban J connectivity index is 1.30. The Morgan fingerprint density at radius 2 is 1.62 bits per heavy atom. The SMILES string of the molecule is Cc1cc(C)cc(C[C@H]2CCCCN2C(=O)CN2C(=O)Cc3nnc(-c4ccccc4)n3-c3ccccc32)c1. The first kappa shape index (κ1) is 25.0. The quantitative estimate of drug-likeness (QED) is 0.369. The van der Waals surface area contributed by atoms with Crippen molar-refractivity contribution in [2.75, 3.05) is 18.0 Å². The van der Waals surface area contributed by atoms with Crippen molar-refractivity contribution in [3.63, 3.8) is 0 Å². The van der Waals surface area contributed by atoms with Crippen molar-refractivity contribution in [3.05, 3.63) is 95.3 Å². The third kappa shape index (κ3) is 4.97. The Kier molecular flexibility index (Phi) is 6.73. The smallest absolute Gasteiger partial charge is 0.242 e. The van der Waals surface area contributed by atoms with Crippen LogP contribution in [0, 0.1) is 13.8 Å². The lowest BCUT2D eigenvalue weighted by Crippen LogP contribution is -2.50. The second kappa shape index (κ2) is 10.5. The molecular weight excluding hydrogens is 486 g/mol. The minimum atomic E-state index is -0.149. The molecule has 1 aromatic heterocycles. The first-order valence-corrected chi connectivity index (χ1v) is 13.7. The predicted molar refractivity (Wildman–Crippen MR) is 152 cm³/mol. The van der Waals surface area contributed by atoms with Crippen LogP contribution in [-0.2, 0) is 22.4 Å². The monoisotopic (exact) mass is 519 g/mol. The van der Waals surface area contributed by atoms with Crippen LogP contribution in [0.15, 0.2) is 72.8 Å². The Labute approximate surface area is 229 Å². The Morgan fingerprint density at radius 3 is 2.38 bits per heavy atom. The van der Waals surface area contributed by atoms with Crippen LogP contribution < -0.4 is 4.90 Å². The minimum Gasteiger partial charge on any atom is -0.338 e. The number of benzene rings is 3. The van der Waals surface area contributed by atoms with Gasteiger partial charge in [-0.2, -0.15) is 0 Å². The summed E-state index contributed by atoms with van der Waals surface area (Å²) in [6.07, 6.45) is 3.99. The second-order valence-electron chi connectivity index (χ2n) is 10.7. The summed E-state index contributed by atoms with van der Waals surface area (Å²) in [6, 6.07) is 24.3. The lowest BCUT2D eigenvalue weighted by molar-refractivity contribution is -0.134. The van der Waals surface area contributed by atoms with E-state index in [1.54, 1.807) is 4.90 Å². The van der Waals surface area contributed by atoms with E-state index < -0.39 is 0 Å². The van der Waals surface area contributed by atoms with Crippen molar-refractivity contribution in [3.8, 4) is 17.1 Å². The average molecular weight is 520 g/mol. The molecular formula is C32H33N5O2. The van der Waals surface area contributed by atoms with Gasteiger partial charge >= 0.3 is 0 Å². The number of carbonyl (C=O) groups excluding carboxylic acids is 2. The molecule has 2 amide bonds. The Morgan fingerprint density at radius 1 is 0.897 bits per heavy atom. The third-order valence-electron chi connectivity index (χ3n) is 7.78. The van der Waals surface area contributed by atoms with Crippen molar-refractivity contribution < 1.29 is 9.59 Å². The summed E-state index contributed by atoms with van der Waals surface area (Å²) in [5.41, 5.74) is 6.18. The lowest BCUT2D eigenvalue weighted by Gasteiger charge is -2.37. The number of aryl methyl sites for hydroxylation is 2. The van der Waals surface area contributed by atoms with Crippen molar-refractivity contribution in [2.45, 2.75) is 52.0 Å². The van der Waals surface area contributed by atoms with Crippen molar-refractivity contribution in [1.82, 2.24) is 19.7 Å². The number of nitrogens with zero attached hydrogens (tertiary/aromatic N) is 5. The van der Waals surface area contributed by atoms with Gasteiger partial charge < -0.3 is 9.80 Å². The summed E-state index contributed by atoms with van der Waals surface area (Å²) in [4.78, 5) is 31.1. The molecule has 0 unspecified atom stereocenters. The Bertz CT molecular complexity index is 1510. The summed E-state index contributed by atoms with van der Waals surface area (Å²) in [5.74, 6) is 1.10. The zero-order valence-electron chi connectivity index (χ0n) is 22.5. The fraction of sp³-hybridized carbons (Fsp3) is 0.312. The van der Waals surface area contributed by atoms with Gasteiger partial charge in [0.25, 0.3) is 0 Å². The molecule has 198 valence electrons. The zero-order chi connectivity index (χ0) is 26.9. The molecule has 0 radical (unpaired) electrons. The fourth-order valence-electron chi connectivity index (χ4n) is 6.10. The second-order valence-corrected chi connectivity index (χ2v) is 10.7. The van der Waals surface area contributed by atoms with E-state index in [0.29, 0.717) is 17.3 Å². The molecule has 0 saturated carbocycles. The third-order valence-corrected chi connectivity index (χ3v) is 7.78. The number of aromatic nitrogens is 3. The molecule has 0 spiro atoms. The number of carbonyl (C=O) groups is 2. The van der Waals surface area contributed by atoms with Gasteiger partial charge in [-0.1, -0.05) is 71.8 Å². The van der Waals surface area contributed by atoms with E-state index in [1.165, 1.54) is 16.7 Å². The van der Waals surface area contributed by atoms with Gasteiger partial charge in [0, 0.05) is 18.2 Å². The number of fused-ring (bicyclic) bond motifs is 3. The molecule has 2 aliphatic heterocycles. The molecule has 1 fully saturated rings. The van der Waals surface area contributed by atoms with Crippen LogP contribution in [0.4, 0.5) is 5.69 Å². The zero-order valence-corrected chi connectivity index (χ0v) is 22.5. The predicted octanol–water partition coefficient (Wildman–Crippen LogP) is 5.06. The fourth-order valence-corrected chi connectivity index (χ4v) is 6.10. The molecule has 0 N–H and O–H groups in total. The molecule has 4 aromatic rings. The molecule has 3 aromatic carbocycles. The normalized spacial score (nSPS) is 17.0. The largest absolute Gasteiger partial charge is 0.338 e. The highest BCUT2D eigenvalue weighted by molar-refractivity contribution is 6.02. The summed E-state index contributed by atoms with van der Waals surface area (Å²) in [6.45, 7) is 4.97. The van der Waals surface area contributed by atoms with Gasteiger partial charge in [-0.3, -0.25) is 14.2 Å². The summed E-state index contributed by atoms with van der Waals surface area (Å²) in [7, 11) is 0. The van der Waals surface area contributed by atoms with Gasteiger partial charge in [-0.25, -0.2) is 0 Å². The first-order valence-electron chi connectivity index (χ1n) is 13.7. The molecule has 3 heterocycles. The molecule has 0 bridgehead atoms. The molecule has 7 heteroatoms. The maximum atomic E-state index is 13.9. The molecule has 1 saturated heterocycles. The van der Waals surface area contributed by atoms with Crippen LogP contribution in [0.3, 0.4) is 0 Å². The lowest BCUT2D eigenvalue weighted by atomic mass is 9.94. The van der Waals surface area contributed by atoms with E-state index in [2.05, 4.69) is 42.2 Å². The maximum absolute atomic E-state index is 13.9. The van der Waals surface area contributed by atoms with Crippen molar-refractivity contribution in [2.24, 2.45) is 0 Å². The summed E-state index contributed by atoms with van der Waals surface area (Å²) >= 11 is 0. The van der Waals surface area contributed by atoms with E-state index in [-0.39, 0.29) is 30.8 Å². The van der Waals surface area contributed by atoms with Crippen molar-refractivity contribution >= 4 is 17.5 Å². The van der Waals surface area contributed by atoms with Crippen LogP contribution in [0.25, 0.3) is 17.1 Å². The molecule has 2 aliphatic rings. The van der Waals surface area contributed by atoms with E-state index in [0.717, 1.165) is 43.5 Å². The molecule has 0 aliphatic carbocycles. The van der Waals surface area contributed by atoms with E-state index >= 15 is 0 Å².